The molecule has 0 radical (unpaired) electrons. The summed E-state index contributed by atoms with van der Waals surface area (Å²) in [5.74, 6) is -0.307. The molecule has 0 amide bonds. The minimum atomic E-state index is -0.307. The first-order valence-corrected chi connectivity index (χ1v) is 4.72. The minimum absolute atomic E-state index is 0.307. The van der Waals surface area contributed by atoms with Crippen LogP contribution in [0.1, 0.15) is 5.56 Å². The zero-order valence-electron chi connectivity index (χ0n) is 8.38. The smallest absolute Gasteiger partial charge is 0.142 e. The van der Waals surface area contributed by atoms with Gasteiger partial charge in [-0.05, 0) is 30.4 Å². The molecule has 2 rings (SSSR count). The molecule has 0 unspecified atom stereocenters. The summed E-state index contributed by atoms with van der Waals surface area (Å²) in [6, 6.07) is 6.14. The SMILES string of the molecule is O=CC=Cc1cnn(-c2cccc(F)c2)c1. The molecule has 0 spiro atoms. The quantitative estimate of drug-likeness (QED) is 0.582. The predicted molar refractivity (Wildman–Crippen MR) is 58.6 cm³/mol. The topological polar surface area (TPSA) is 34.9 Å². The minimum Gasteiger partial charge on any atom is -0.299 e. The number of hydrogen-bond acceptors (Lipinski definition) is 2. The molecule has 0 atom stereocenters. The highest BCUT2D eigenvalue weighted by molar-refractivity contribution is 5.73. The number of benzene rings is 1. The van der Waals surface area contributed by atoms with E-state index in [2.05, 4.69) is 5.10 Å². The summed E-state index contributed by atoms with van der Waals surface area (Å²) in [4.78, 5) is 10.1. The highest BCUT2D eigenvalue weighted by Crippen LogP contribution is 2.10. The van der Waals surface area contributed by atoms with Crippen LogP contribution in [0, 0.1) is 5.82 Å². The van der Waals surface area contributed by atoms with Crippen LogP contribution in [-0.2, 0) is 4.79 Å². The van der Waals surface area contributed by atoms with Crippen LogP contribution in [-0.4, -0.2) is 16.1 Å². The van der Waals surface area contributed by atoms with Crippen LogP contribution in [0.5, 0.6) is 0 Å². The van der Waals surface area contributed by atoms with Gasteiger partial charge >= 0.3 is 0 Å². The van der Waals surface area contributed by atoms with Crippen LogP contribution in [0.4, 0.5) is 4.39 Å². The molecular weight excluding hydrogens is 207 g/mol. The van der Waals surface area contributed by atoms with Gasteiger partial charge in [-0.25, -0.2) is 9.07 Å². The molecule has 16 heavy (non-hydrogen) atoms. The number of aldehydes is 1. The summed E-state index contributed by atoms with van der Waals surface area (Å²) in [6.45, 7) is 0. The maximum Gasteiger partial charge on any atom is 0.142 e. The highest BCUT2D eigenvalue weighted by atomic mass is 19.1. The molecule has 0 bridgehead atoms. The third-order valence-electron chi connectivity index (χ3n) is 2.04. The van der Waals surface area contributed by atoms with Gasteiger partial charge in [0.2, 0.25) is 0 Å². The van der Waals surface area contributed by atoms with Crippen molar-refractivity contribution in [3.63, 3.8) is 0 Å². The van der Waals surface area contributed by atoms with Crippen molar-refractivity contribution in [2.75, 3.05) is 0 Å². The summed E-state index contributed by atoms with van der Waals surface area (Å²) in [6.07, 6.45) is 7.03. The normalized spacial score (nSPS) is 10.8. The van der Waals surface area contributed by atoms with Crippen LogP contribution < -0.4 is 0 Å². The standard InChI is InChI=1S/C12H9FN2O/c13-11-4-1-5-12(7-11)15-9-10(8-14-15)3-2-6-16/h1-9H. The predicted octanol–water partition coefficient (Wildman–Crippen LogP) is 2.22. The second-order valence-electron chi connectivity index (χ2n) is 3.19. The second-order valence-corrected chi connectivity index (χ2v) is 3.19. The van der Waals surface area contributed by atoms with Crippen LogP contribution in [0.15, 0.2) is 42.7 Å². The zero-order chi connectivity index (χ0) is 11.4. The number of hydrogen-bond donors (Lipinski definition) is 0. The Kier molecular flexibility index (Phi) is 2.91. The lowest BCUT2D eigenvalue weighted by molar-refractivity contribution is -0.104. The molecule has 0 saturated heterocycles. The lowest BCUT2D eigenvalue weighted by Crippen LogP contribution is -1.93. The van der Waals surface area contributed by atoms with E-state index in [4.69, 9.17) is 0 Å². The number of carbonyl (C=O) groups excluding carboxylic acids is 1. The van der Waals surface area contributed by atoms with E-state index >= 15 is 0 Å². The van der Waals surface area contributed by atoms with E-state index in [-0.39, 0.29) is 5.82 Å². The van der Waals surface area contributed by atoms with E-state index in [0.29, 0.717) is 12.0 Å². The fraction of sp³-hybridized carbons (Fsp3) is 0. The first kappa shape index (κ1) is 10.3. The molecular formula is C12H9FN2O. The van der Waals surface area contributed by atoms with Crippen LogP contribution in [0.2, 0.25) is 0 Å². The zero-order valence-corrected chi connectivity index (χ0v) is 8.38. The molecule has 0 aliphatic carbocycles. The molecule has 0 aliphatic heterocycles. The maximum atomic E-state index is 13.0. The molecule has 80 valence electrons. The van der Waals surface area contributed by atoms with Gasteiger partial charge in [0.1, 0.15) is 12.1 Å². The van der Waals surface area contributed by atoms with Gasteiger partial charge < -0.3 is 0 Å². The van der Waals surface area contributed by atoms with Crippen molar-refractivity contribution < 1.29 is 9.18 Å². The Morgan fingerprint density at radius 3 is 3.00 bits per heavy atom. The molecule has 1 aromatic carbocycles. The Morgan fingerprint density at radius 2 is 2.25 bits per heavy atom. The number of nitrogens with zero attached hydrogens (tertiary/aromatic N) is 2. The Balaban J connectivity index is 2.31. The summed E-state index contributed by atoms with van der Waals surface area (Å²) in [5, 5.41) is 4.06. The van der Waals surface area contributed by atoms with Gasteiger partial charge in [-0.1, -0.05) is 6.07 Å². The number of carbonyl (C=O) groups is 1. The number of rotatable bonds is 3. The van der Waals surface area contributed by atoms with Crippen molar-refractivity contribution in [2.24, 2.45) is 0 Å². The molecule has 0 saturated carbocycles. The monoisotopic (exact) mass is 216 g/mol. The Hall–Kier alpha value is -2.23. The molecule has 0 aliphatic rings. The van der Waals surface area contributed by atoms with Gasteiger partial charge in [-0.3, -0.25) is 4.79 Å². The van der Waals surface area contributed by atoms with Gasteiger partial charge in [-0.2, -0.15) is 5.10 Å². The van der Waals surface area contributed by atoms with Crippen molar-refractivity contribution in [1.82, 2.24) is 9.78 Å². The molecule has 2 aromatic rings. The average molecular weight is 216 g/mol. The molecule has 1 heterocycles. The molecule has 1 aromatic heterocycles. The van der Waals surface area contributed by atoms with Crippen molar-refractivity contribution in [3.8, 4) is 5.69 Å². The third-order valence-corrected chi connectivity index (χ3v) is 2.04. The fourth-order valence-corrected chi connectivity index (χ4v) is 1.33. The molecule has 3 nitrogen and oxygen atoms in total. The third kappa shape index (κ3) is 2.23. The van der Waals surface area contributed by atoms with E-state index in [9.17, 15) is 9.18 Å². The number of allylic oxidation sites excluding steroid dienone is 1. The van der Waals surface area contributed by atoms with E-state index in [1.165, 1.54) is 18.2 Å². The summed E-state index contributed by atoms with van der Waals surface area (Å²) in [5.41, 5.74) is 1.43. The van der Waals surface area contributed by atoms with Gasteiger partial charge in [0.25, 0.3) is 0 Å². The first-order chi connectivity index (χ1) is 7.79. The fourth-order valence-electron chi connectivity index (χ4n) is 1.33. The van der Waals surface area contributed by atoms with E-state index in [1.54, 1.807) is 35.3 Å². The Bertz CT molecular complexity index is 531. The van der Waals surface area contributed by atoms with E-state index < -0.39 is 0 Å². The summed E-state index contributed by atoms with van der Waals surface area (Å²) in [7, 11) is 0. The molecule has 4 heteroatoms. The second kappa shape index (κ2) is 4.53. The number of aromatic nitrogens is 2. The lowest BCUT2D eigenvalue weighted by Gasteiger charge is -1.99. The first-order valence-electron chi connectivity index (χ1n) is 4.72. The van der Waals surface area contributed by atoms with E-state index in [0.717, 1.165) is 5.56 Å². The van der Waals surface area contributed by atoms with E-state index in [1.807, 2.05) is 0 Å². The van der Waals surface area contributed by atoms with Crippen molar-refractivity contribution in [3.05, 3.63) is 54.1 Å². The molecule has 0 fully saturated rings. The van der Waals surface area contributed by atoms with Gasteiger partial charge in [-0.15, -0.1) is 0 Å². The largest absolute Gasteiger partial charge is 0.299 e. The van der Waals surface area contributed by atoms with Crippen LogP contribution in [0.25, 0.3) is 11.8 Å². The van der Waals surface area contributed by atoms with Crippen LogP contribution >= 0.6 is 0 Å². The van der Waals surface area contributed by atoms with Gasteiger partial charge in [0.15, 0.2) is 0 Å². The van der Waals surface area contributed by atoms with Crippen molar-refractivity contribution >= 4 is 12.4 Å². The lowest BCUT2D eigenvalue weighted by atomic mass is 10.3. The summed E-state index contributed by atoms with van der Waals surface area (Å²) >= 11 is 0. The Morgan fingerprint density at radius 1 is 1.38 bits per heavy atom. The Labute approximate surface area is 91.8 Å². The highest BCUT2D eigenvalue weighted by Gasteiger charge is 1.99. The van der Waals surface area contributed by atoms with Gasteiger partial charge in [0.05, 0.1) is 11.9 Å². The molecule has 0 N–H and O–H groups in total. The van der Waals surface area contributed by atoms with Crippen LogP contribution in [0.3, 0.4) is 0 Å². The maximum absolute atomic E-state index is 13.0. The number of halogens is 1. The average Bonchev–Trinajstić information content (AvgIpc) is 2.75. The van der Waals surface area contributed by atoms with Gasteiger partial charge in [0, 0.05) is 11.8 Å². The van der Waals surface area contributed by atoms with Crippen molar-refractivity contribution in [1.29, 1.82) is 0 Å². The van der Waals surface area contributed by atoms with Crippen molar-refractivity contribution in [2.45, 2.75) is 0 Å². The summed E-state index contributed by atoms with van der Waals surface area (Å²) < 4.78 is 14.5.